The van der Waals surface area contributed by atoms with Crippen LogP contribution in [0, 0.1) is 15.2 Å². The number of rotatable bonds is 4. The van der Waals surface area contributed by atoms with E-state index in [1.165, 1.54) is 17.7 Å². The van der Waals surface area contributed by atoms with Gasteiger partial charge in [0.2, 0.25) is 0 Å². The van der Waals surface area contributed by atoms with Crippen LogP contribution in [-0.4, -0.2) is 0 Å². The van der Waals surface area contributed by atoms with Crippen LogP contribution in [0.1, 0.15) is 18.9 Å². The topological polar surface area (TPSA) is 0 Å². The van der Waals surface area contributed by atoms with Crippen molar-refractivity contribution >= 4 is 22.6 Å². The summed E-state index contributed by atoms with van der Waals surface area (Å²) >= 11 is 2.20. The van der Waals surface area contributed by atoms with Crippen molar-refractivity contribution in [3.05, 3.63) is 81.4 Å². The van der Waals surface area contributed by atoms with E-state index in [0.29, 0.717) is 11.1 Å². The van der Waals surface area contributed by atoms with Crippen LogP contribution in [-0.2, 0) is 6.42 Å². The number of benzene rings is 3. The van der Waals surface area contributed by atoms with E-state index >= 15 is 0 Å². The Morgan fingerprint density at radius 1 is 0.750 bits per heavy atom. The van der Waals surface area contributed by atoms with Crippen LogP contribution >= 0.6 is 22.6 Å². The molecule has 0 nitrogen and oxygen atoms in total. The Balaban J connectivity index is 1.99. The highest BCUT2D eigenvalue weighted by atomic mass is 127. The number of aryl methyl sites for hydroxylation is 1. The lowest BCUT2D eigenvalue weighted by atomic mass is 9.97. The molecule has 0 aliphatic carbocycles. The van der Waals surface area contributed by atoms with Crippen LogP contribution < -0.4 is 0 Å². The van der Waals surface area contributed by atoms with E-state index in [-0.39, 0.29) is 5.56 Å². The molecular formula is C21H17F2I. The summed E-state index contributed by atoms with van der Waals surface area (Å²) in [6.07, 6.45) is 2.02. The minimum absolute atomic E-state index is 0.0345. The zero-order chi connectivity index (χ0) is 17.1. The van der Waals surface area contributed by atoms with Crippen molar-refractivity contribution in [2.75, 3.05) is 0 Å². The molecule has 0 unspecified atom stereocenters. The number of halogens is 3. The highest BCUT2D eigenvalue weighted by molar-refractivity contribution is 14.1. The van der Waals surface area contributed by atoms with Gasteiger partial charge in [-0.25, -0.2) is 8.78 Å². The second-order valence-electron chi connectivity index (χ2n) is 5.77. The summed E-state index contributed by atoms with van der Waals surface area (Å²) < 4.78 is 30.2. The van der Waals surface area contributed by atoms with Crippen molar-refractivity contribution in [1.29, 1.82) is 0 Å². The molecule has 0 N–H and O–H groups in total. The van der Waals surface area contributed by atoms with Crippen LogP contribution in [0.3, 0.4) is 0 Å². The summed E-state index contributed by atoms with van der Waals surface area (Å²) in [4.78, 5) is 0. The quantitative estimate of drug-likeness (QED) is 0.394. The first kappa shape index (κ1) is 17.1. The third-order valence-electron chi connectivity index (χ3n) is 4.00. The van der Waals surface area contributed by atoms with E-state index in [2.05, 4.69) is 29.5 Å². The van der Waals surface area contributed by atoms with Gasteiger partial charge in [0.1, 0.15) is 11.6 Å². The van der Waals surface area contributed by atoms with Crippen molar-refractivity contribution < 1.29 is 8.78 Å². The maximum absolute atomic E-state index is 14.6. The molecule has 0 saturated heterocycles. The second kappa shape index (κ2) is 7.43. The zero-order valence-corrected chi connectivity index (χ0v) is 15.5. The van der Waals surface area contributed by atoms with Crippen LogP contribution in [0.15, 0.2) is 60.7 Å². The summed E-state index contributed by atoms with van der Waals surface area (Å²) in [6.45, 7) is 2.11. The van der Waals surface area contributed by atoms with Gasteiger partial charge < -0.3 is 0 Å². The predicted octanol–water partition coefficient (Wildman–Crippen LogP) is 6.86. The van der Waals surface area contributed by atoms with E-state index in [4.69, 9.17) is 0 Å². The molecule has 0 spiro atoms. The molecule has 3 heteroatoms. The Morgan fingerprint density at radius 3 is 1.83 bits per heavy atom. The van der Waals surface area contributed by atoms with E-state index in [9.17, 15) is 8.78 Å². The summed E-state index contributed by atoms with van der Waals surface area (Å²) in [5, 5.41) is 0. The first-order valence-corrected chi connectivity index (χ1v) is 9.00. The minimum Gasteiger partial charge on any atom is -0.206 e. The Kier molecular flexibility index (Phi) is 5.29. The van der Waals surface area contributed by atoms with Crippen LogP contribution in [0.25, 0.3) is 22.3 Å². The summed E-state index contributed by atoms with van der Waals surface area (Å²) in [5.41, 5.74) is 3.13. The van der Waals surface area contributed by atoms with Crippen molar-refractivity contribution in [3.8, 4) is 22.3 Å². The molecule has 0 fully saturated rings. The maximum atomic E-state index is 14.6. The van der Waals surface area contributed by atoms with Gasteiger partial charge in [-0.1, -0.05) is 49.7 Å². The fraction of sp³-hybridized carbons (Fsp3) is 0.143. The highest BCUT2D eigenvalue weighted by Crippen LogP contribution is 2.31. The molecule has 0 aliphatic heterocycles. The Morgan fingerprint density at radius 2 is 1.29 bits per heavy atom. The average molecular weight is 434 g/mol. The van der Waals surface area contributed by atoms with Gasteiger partial charge >= 0.3 is 0 Å². The first-order chi connectivity index (χ1) is 11.6. The lowest BCUT2D eigenvalue weighted by Gasteiger charge is -2.10. The fourth-order valence-electron chi connectivity index (χ4n) is 2.78. The SMILES string of the molecule is CCCc1ccc(-c2c(F)cc(-c3ccc(I)cc3)cc2F)cc1. The smallest absolute Gasteiger partial charge is 0.134 e. The normalized spacial score (nSPS) is 10.8. The first-order valence-electron chi connectivity index (χ1n) is 7.93. The van der Waals surface area contributed by atoms with Gasteiger partial charge in [0, 0.05) is 3.57 Å². The van der Waals surface area contributed by atoms with E-state index < -0.39 is 11.6 Å². The molecule has 3 aromatic rings. The van der Waals surface area contributed by atoms with E-state index in [1.54, 1.807) is 12.1 Å². The Bertz CT molecular complexity index is 814. The number of hydrogen-bond acceptors (Lipinski definition) is 0. The van der Waals surface area contributed by atoms with Crippen LogP contribution in [0.4, 0.5) is 8.78 Å². The molecule has 3 aromatic carbocycles. The molecular weight excluding hydrogens is 417 g/mol. The predicted molar refractivity (Wildman–Crippen MR) is 104 cm³/mol. The van der Waals surface area contributed by atoms with Crippen molar-refractivity contribution in [1.82, 2.24) is 0 Å². The number of hydrogen-bond donors (Lipinski definition) is 0. The van der Waals surface area contributed by atoms with Crippen molar-refractivity contribution in [2.45, 2.75) is 19.8 Å². The van der Waals surface area contributed by atoms with Gasteiger partial charge in [-0.15, -0.1) is 0 Å². The lowest BCUT2D eigenvalue weighted by Crippen LogP contribution is -1.93. The van der Waals surface area contributed by atoms with Gasteiger partial charge in [0.05, 0.1) is 5.56 Å². The summed E-state index contributed by atoms with van der Waals surface area (Å²) in [5.74, 6) is -1.07. The van der Waals surface area contributed by atoms with Crippen molar-refractivity contribution in [3.63, 3.8) is 0 Å². The minimum atomic E-state index is -0.535. The monoisotopic (exact) mass is 434 g/mol. The molecule has 0 heterocycles. The van der Waals surface area contributed by atoms with Gasteiger partial charge in [-0.05, 0) is 75.5 Å². The van der Waals surface area contributed by atoms with Crippen LogP contribution in [0.2, 0.25) is 0 Å². The molecule has 0 atom stereocenters. The van der Waals surface area contributed by atoms with Crippen LogP contribution in [0.5, 0.6) is 0 Å². The maximum Gasteiger partial charge on any atom is 0.134 e. The van der Waals surface area contributed by atoms with E-state index in [0.717, 1.165) is 22.0 Å². The summed E-state index contributed by atoms with van der Waals surface area (Å²) in [7, 11) is 0. The summed E-state index contributed by atoms with van der Waals surface area (Å²) in [6, 6.07) is 17.8. The lowest BCUT2D eigenvalue weighted by molar-refractivity contribution is 0.590. The molecule has 0 radical (unpaired) electrons. The standard InChI is InChI=1S/C21H17F2I/c1-2-3-14-4-6-16(7-5-14)21-19(22)12-17(13-20(21)23)15-8-10-18(24)11-9-15/h4-13H,2-3H2,1H3. The Hall–Kier alpha value is -1.75. The van der Waals surface area contributed by atoms with Gasteiger partial charge in [-0.2, -0.15) is 0 Å². The van der Waals surface area contributed by atoms with Gasteiger partial charge in [0.15, 0.2) is 0 Å². The molecule has 0 amide bonds. The third kappa shape index (κ3) is 3.66. The molecule has 0 bridgehead atoms. The largest absolute Gasteiger partial charge is 0.206 e. The molecule has 0 saturated carbocycles. The van der Waals surface area contributed by atoms with Gasteiger partial charge in [-0.3, -0.25) is 0 Å². The average Bonchev–Trinajstić information content (AvgIpc) is 2.56. The van der Waals surface area contributed by atoms with Crippen molar-refractivity contribution in [2.24, 2.45) is 0 Å². The van der Waals surface area contributed by atoms with Gasteiger partial charge in [0.25, 0.3) is 0 Å². The molecule has 122 valence electrons. The second-order valence-corrected chi connectivity index (χ2v) is 7.01. The fourth-order valence-corrected chi connectivity index (χ4v) is 3.14. The zero-order valence-electron chi connectivity index (χ0n) is 13.3. The molecule has 24 heavy (non-hydrogen) atoms. The molecule has 3 rings (SSSR count). The molecule has 0 aliphatic rings. The van der Waals surface area contributed by atoms with E-state index in [1.807, 2.05) is 36.4 Å². The Labute approximate surface area is 154 Å². The molecule has 0 aromatic heterocycles. The highest BCUT2D eigenvalue weighted by Gasteiger charge is 2.14. The third-order valence-corrected chi connectivity index (χ3v) is 4.72.